The third-order valence-electron chi connectivity index (χ3n) is 3.53. The van der Waals surface area contributed by atoms with Crippen LogP contribution in [0.1, 0.15) is 43.0 Å². The molecule has 1 amide bonds. The first-order chi connectivity index (χ1) is 8.54. The molecule has 0 aromatic heterocycles. The van der Waals surface area contributed by atoms with Crippen molar-refractivity contribution in [1.29, 1.82) is 0 Å². The fraction of sp³-hybridized carbons (Fsp3) is 0.500. The number of nitrogens with one attached hydrogen (secondary N) is 1. The van der Waals surface area contributed by atoms with Crippen LogP contribution in [0.25, 0.3) is 0 Å². The summed E-state index contributed by atoms with van der Waals surface area (Å²) in [6.45, 7) is 2.11. The van der Waals surface area contributed by atoms with Gasteiger partial charge in [0.2, 0.25) is 0 Å². The summed E-state index contributed by atoms with van der Waals surface area (Å²) in [6, 6.07) is 5.46. The van der Waals surface area contributed by atoms with Crippen LogP contribution < -0.4 is 10.1 Å². The molecule has 1 N–H and O–H groups in total. The second-order valence-electron chi connectivity index (χ2n) is 5.07. The van der Waals surface area contributed by atoms with Crippen molar-refractivity contribution < 1.29 is 9.53 Å². The van der Waals surface area contributed by atoms with E-state index in [0.29, 0.717) is 11.3 Å². The predicted molar refractivity (Wildman–Crippen MR) is 75.0 cm³/mol. The summed E-state index contributed by atoms with van der Waals surface area (Å²) in [5.41, 5.74) is 0.531. The first kappa shape index (κ1) is 13.4. The summed E-state index contributed by atoms with van der Waals surface area (Å²) in [5, 5.41) is 3.13. The fourth-order valence-corrected chi connectivity index (χ4v) is 2.81. The lowest BCUT2D eigenvalue weighted by atomic mass is 10.00. The highest BCUT2D eigenvalue weighted by Gasteiger charge is 2.31. The van der Waals surface area contributed by atoms with Gasteiger partial charge in [0, 0.05) is 10.0 Å². The van der Waals surface area contributed by atoms with E-state index in [-0.39, 0.29) is 11.4 Å². The number of benzene rings is 1. The first-order valence-electron chi connectivity index (χ1n) is 6.20. The normalized spacial score (nSPS) is 17.5. The van der Waals surface area contributed by atoms with Gasteiger partial charge in [-0.1, -0.05) is 28.8 Å². The Morgan fingerprint density at radius 2 is 2.06 bits per heavy atom. The minimum Gasteiger partial charge on any atom is -0.496 e. The highest BCUT2D eigenvalue weighted by atomic mass is 79.9. The fourth-order valence-electron chi connectivity index (χ4n) is 2.47. The Morgan fingerprint density at radius 1 is 1.39 bits per heavy atom. The molecule has 0 bridgehead atoms. The van der Waals surface area contributed by atoms with Crippen molar-refractivity contribution >= 4 is 21.8 Å². The summed E-state index contributed by atoms with van der Waals surface area (Å²) in [6.07, 6.45) is 4.48. The van der Waals surface area contributed by atoms with Crippen molar-refractivity contribution in [2.75, 3.05) is 7.11 Å². The van der Waals surface area contributed by atoms with Crippen molar-refractivity contribution in [2.45, 2.75) is 38.1 Å². The van der Waals surface area contributed by atoms with E-state index in [0.717, 1.165) is 17.3 Å². The molecule has 0 heterocycles. The monoisotopic (exact) mass is 311 g/mol. The molecule has 4 heteroatoms. The van der Waals surface area contributed by atoms with Gasteiger partial charge in [-0.15, -0.1) is 0 Å². The maximum atomic E-state index is 12.3. The smallest absolute Gasteiger partial charge is 0.255 e. The van der Waals surface area contributed by atoms with Crippen LogP contribution in [0.15, 0.2) is 22.7 Å². The van der Waals surface area contributed by atoms with Gasteiger partial charge in [0.15, 0.2) is 0 Å². The van der Waals surface area contributed by atoms with Gasteiger partial charge in [0.05, 0.1) is 12.7 Å². The number of hydrogen-bond donors (Lipinski definition) is 1. The number of carbonyl (C=O) groups excluding carboxylic acids is 1. The Balaban J connectivity index is 2.18. The molecule has 1 saturated carbocycles. The summed E-state index contributed by atoms with van der Waals surface area (Å²) < 4.78 is 6.16. The van der Waals surface area contributed by atoms with E-state index in [1.807, 2.05) is 12.1 Å². The lowest BCUT2D eigenvalue weighted by Crippen LogP contribution is -2.43. The summed E-state index contributed by atoms with van der Waals surface area (Å²) in [5.74, 6) is 0.548. The number of rotatable bonds is 3. The SMILES string of the molecule is COc1cc(Br)ccc1C(=O)NC1(C)CCCC1. The number of hydrogen-bond acceptors (Lipinski definition) is 2. The second kappa shape index (κ2) is 5.31. The van der Waals surface area contributed by atoms with E-state index in [2.05, 4.69) is 28.2 Å². The number of halogens is 1. The molecule has 2 rings (SSSR count). The van der Waals surface area contributed by atoms with E-state index in [9.17, 15) is 4.79 Å². The zero-order valence-electron chi connectivity index (χ0n) is 10.8. The Hall–Kier alpha value is -1.03. The van der Waals surface area contributed by atoms with Crippen LogP contribution in [0, 0.1) is 0 Å². The van der Waals surface area contributed by atoms with E-state index < -0.39 is 0 Å². The molecule has 1 aliphatic rings. The number of methoxy groups -OCH3 is 1. The molecule has 0 spiro atoms. The van der Waals surface area contributed by atoms with Gasteiger partial charge in [-0.25, -0.2) is 0 Å². The van der Waals surface area contributed by atoms with Crippen molar-refractivity contribution in [2.24, 2.45) is 0 Å². The minimum absolute atomic E-state index is 0.0521. The molecule has 98 valence electrons. The molecule has 0 atom stereocenters. The quantitative estimate of drug-likeness (QED) is 0.927. The largest absolute Gasteiger partial charge is 0.496 e. The standard InChI is InChI=1S/C14H18BrNO2/c1-14(7-3-4-8-14)16-13(17)11-6-5-10(15)9-12(11)18-2/h5-6,9H,3-4,7-8H2,1-2H3,(H,16,17). The molecule has 0 unspecified atom stereocenters. The predicted octanol–water partition coefficient (Wildman–Crippen LogP) is 3.52. The Kier molecular flexibility index (Phi) is 3.95. The molecule has 1 aromatic carbocycles. The highest BCUT2D eigenvalue weighted by Crippen LogP contribution is 2.30. The molecular formula is C14H18BrNO2. The molecule has 1 aromatic rings. The number of carbonyl (C=O) groups is 1. The van der Waals surface area contributed by atoms with Crippen LogP contribution in [0.2, 0.25) is 0 Å². The van der Waals surface area contributed by atoms with Gasteiger partial charge in [-0.05, 0) is 38.0 Å². The lowest BCUT2D eigenvalue weighted by molar-refractivity contribution is 0.0905. The van der Waals surface area contributed by atoms with Crippen LogP contribution in [0.3, 0.4) is 0 Å². The van der Waals surface area contributed by atoms with Gasteiger partial charge in [-0.3, -0.25) is 4.79 Å². The number of amides is 1. The van der Waals surface area contributed by atoms with E-state index in [4.69, 9.17) is 4.74 Å². The molecule has 1 fully saturated rings. The summed E-state index contributed by atoms with van der Waals surface area (Å²) >= 11 is 3.37. The minimum atomic E-state index is -0.0603. The Bertz CT molecular complexity index is 453. The number of ether oxygens (including phenoxy) is 1. The van der Waals surface area contributed by atoms with Gasteiger partial charge >= 0.3 is 0 Å². The third-order valence-corrected chi connectivity index (χ3v) is 4.02. The van der Waals surface area contributed by atoms with Crippen LogP contribution in [0.5, 0.6) is 5.75 Å². The van der Waals surface area contributed by atoms with Crippen LogP contribution in [0.4, 0.5) is 0 Å². The third kappa shape index (κ3) is 2.86. The van der Waals surface area contributed by atoms with Gasteiger partial charge in [-0.2, -0.15) is 0 Å². The summed E-state index contributed by atoms with van der Waals surface area (Å²) in [7, 11) is 1.58. The van der Waals surface area contributed by atoms with Gasteiger partial charge in [0.25, 0.3) is 5.91 Å². The highest BCUT2D eigenvalue weighted by molar-refractivity contribution is 9.10. The molecule has 0 radical (unpaired) electrons. The molecule has 0 saturated heterocycles. The Morgan fingerprint density at radius 3 is 2.67 bits per heavy atom. The molecule has 3 nitrogen and oxygen atoms in total. The van der Waals surface area contributed by atoms with Gasteiger partial charge in [0.1, 0.15) is 5.75 Å². The molecule has 0 aliphatic heterocycles. The van der Waals surface area contributed by atoms with E-state index in [1.54, 1.807) is 13.2 Å². The van der Waals surface area contributed by atoms with Crippen LogP contribution in [-0.2, 0) is 0 Å². The average Bonchev–Trinajstić information content (AvgIpc) is 2.75. The maximum Gasteiger partial charge on any atom is 0.255 e. The first-order valence-corrected chi connectivity index (χ1v) is 6.99. The molecule has 1 aliphatic carbocycles. The van der Waals surface area contributed by atoms with E-state index >= 15 is 0 Å². The molecule has 18 heavy (non-hydrogen) atoms. The Labute approximate surface area is 116 Å². The van der Waals surface area contributed by atoms with Crippen molar-refractivity contribution in [3.05, 3.63) is 28.2 Å². The van der Waals surface area contributed by atoms with Crippen LogP contribution >= 0.6 is 15.9 Å². The van der Waals surface area contributed by atoms with Crippen LogP contribution in [-0.4, -0.2) is 18.6 Å². The summed E-state index contributed by atoms with van der Waals surface area (Å²) in [4.78, 5) is 12.3. The zero-order chi connectivity index (χ0) is 13.2. The topological polar surface area (TPSA) is 38.3 Å². The average molecular weight is 312 g/mol. The maximum absolute atomic E-state index is 12.3. The second-order valence-corrected chi connectivity index (χ2v) is 5.98. The zero-order valence-corrected chi connectivity index (χ0v) is 12.3. The lowest BCUT2D eigenvalue weighted by Gasteiger charge is -2.25. The van der Waals surface area contributed by atoms with Crippen molar-refractivity contribution in [1.82, 2.24) is 5.32 Å². The van der Waals surface area contributed by atoms with Crippen molar-refractivity contribution in [3.8, 4) is 5.75 Å². The molecular weight excluding hydrogens is 294 g/mol. The van der Waals surface area contributed by atoms with Gasteiger partial charge < -0.3 is 10.1 Å². The van der Waals surface area contributed by atoms with E-state index in [1.165, 1.54) is 12.8 Å². The van der Waals surface area contributed by atoms with Crippen molar-refractivity contribution in [3.63, 3.8) is 0 Å².